The number of aryl methyl sites for hydroxylation is 2. The molecule has 2 heterocycles. The molecule has 4 aromatic carbocycles. The maximum absolute atomic E-state index is 14.5. The molecule has 2 N–H and O–H groups in total. The van der Waals surface area contributed by atoms with E-state index in [1.807, 2.05) is 96.8 Å². The molecule has 0 amide bonds. The molecule has 2 unspecified atom stereocenters. The summed E-state index contributed by atoms with van der Waals surface area (Å²) in [4.78, 5) is 27.8. The number of hydrogen-bond acceptors (Lipinski definition) is 6. The second-order valence-corrected chi connectivity index (χ2v) is 19.7. The van der Waals surface area contributed by atoms with Crippen LogP contribution in [-0.4, -0.2) is 50.1 Å². The maximum Gasteiger partial charge on any atom is 0.140 e. The number of nitrogens with zero attached hydrogens (tertiary/aromatic N) is 5. The molecule has 2 atom stereocenters. The van der Waals surface area contributed by atoms with Crippen molar-refractivity contribution in [1.29, 1.82) is 0 Å². The normalized spacial score (nSPS) is 12.8. The lowest BCUT2D eigenvalue weighted by molar-refractivity contribution is -0.120. The van der Waals surface area contributed by atoms with Crippen LogP contribution >= 0.6 is 23.2 Å². The van der Waals surface area contributed by atoms with Crippen molar-refractivity contribution in [2.24, 2.45) is 5.73 Å². The van der Waals surface area contributed by atoms with Crippen molar-refractivity contribution in [2.45, 2.75) is 117 Å². The summed E-state index contributed by atoms with van der Waals surface area (Å²) < 4.78 is 32.3. The number of nitrogens with two attached hydrogens (primary N) is 1. The van der Waals surface area contributed by atoms with Gasteiger partial charge in [0.2, 0.25) is 0 Å². The topological polar surface area (TPSA) is 99.0 Å². The van der Waals surface area contributed by atoms with Gasteiger partial charge in [-0.2, -0.15) is 10.2 Å². The minimum atomic E-state index is -0.397. The zero-order valence-corrected chi connectivity index (χ0v) is 40.3. The van der Waals surface area contributed by atoms with Gasteiger partial charge in [-0.3, -0.25) is 9.59 Å². The van der Waals surface area contributed by atoms with Gasteiger partial charge in [-0.05, 0) is 98.7 Å². The van der Waals surface area contributed by atoms with E-state index in [2.05, 4.69) is 53.7 Å². The minimum absolute atomic E-state index is 0.0519. The van der Waals surface area contributed by atoms with Gasteiger partial charge in [0.05, 0.1) is 22.8 Å². The predicted molar refractivity (Wildman–Crippen MR) is 256 cm³/mol. The number of hydrogen-bond donors (Lipinski definition) is 1. The van der Waals surface area contributed by atoms with Gasteiger partial charge in [0.25, 0.3) is 0 Å². The van der Waals surface area contributed by atoms with Gasteiger partial charge in [-0.15, -0.1) is 0 Å². The van der Waals surface area contributed by atoms with E-state index in [1.54, 1.807) is 18.2 Å². The van der Waals surface area contributed by atoms with Gasteiger partial charge in [-0.25, -0.2) is 18.1 Å². The molecule has 0 spiro atoms. The number of carbonyl (C=O) groups excluding carboxylic acids is 2. The van der Waals surface area contributed by atoms with Gasteiger partial charge in [-0.1, -0.05) is 115 Å². The molecule has 0 bridgehead atoms. The number of rotatable bonds is 15. The number of carbonyl (C=O) groups is 2. The summed E-state index contributed by atoms with van der Waals surface area (Å²) in [5.41, 5.74) is 13.3. The quantitative estimate of drug-likeness (QED) is 0.110. The van der Waals surface area contributed by atoms with Crippen LogP contribution in [0, 0.1) is 11.6 Å². The van der Waals surface area contributed by atoms with E-state index in [-0.39, 0.29) is 46.5 Å². The largest absolute Gasteiger partial charge is 0.326 e. The van der Waals surface area contributed by atoms with Gasteiger partial charge in [0.1, 0.15) is 23.2 Å². The van der Waals surface area contributed by atoms with Crippen molar-refractivity contribution in [3.05, 3.63) is 164 Å². The fraction of sp³-hybridized carbons (Fsp3) is 0.385. The Morgan fingerprint density at radius 1 is 0.641 bits per heavy atom. The van der Waals surface area contributed by atoms with Gasteiger partial charge in [0, 0.05) is 81.2 Å². The Balaban J connectivity index is 0.000000241. The Morgan fingerprint density at radius 2 is 1.05 bits per heavy atom. The third-order valence-corrected chi connectivity index (χ3v) is 11.8. The second-order valence-electron chi connectivity index (χ2n) is 18.8. The van der Waals surface area contributed by atoms with Crippen LogP contribution in [0.3, 0.4) is 0 Å². The van der Waals surface area contributed by atoms with E-state index in [9.17, 15) is 18.4 Å². The molecular weight excluding hydrogens is 850 g/mol. The van der Waals surface area contributed by atoms with Crippen molar-refractivity contribution in [1.82, 2.24) is 24.5 Å². The summed E-state index contributed by atoms with van der Waals surface area (Å²) >= 11 is 12.4. The first-order chi connectivity index (χ1) is 30.0. The fourth-order valence-corrected chi connectivity index (χ4v) is 7.57. The summed E-state index contributed by atoms with van der Waals surface area (Å²) in [6, 6.07) is 29.1. The van der Waals surface area contributed by atoms with E-state index in [0.717, 1.165) is 34.2 Å². The molecule has 6 rings (SSSR count). The maximum atomic E-state index is 14.5. The van der Waals surface area contributed by atoms with Crippen LogP contribution in [0.15, 0.2) is 97.1 Å². The summed E-state index contributed by atoms with van der Waals surface area (Å²) in [7, 11) is 3.80. The molecule has 6 aromatic rings. The van der Waals surface area contributed by atoms with Crippen molar-refractivity contribution in [3.63, 3.8) is 0 Å². The number of halogens is 4. The molecule has 0 saturated carbocycles. The summed E-state index contributed by atoms with van der Waals surface area (Å²) in [5.74, 6) is -1.28. The van der Waals surface area contributed by atoms with Crippen LogP contribution < -0.4 is 5.73 Å². The highest BCUT2D eigenvalue weighted by atomic mass is 35.5. The van der Waals surface area contributed by atoms with Crippen LogP contribution in [0.25, 0.3) is 11.4 Å². The number of benzene rings is 4. The van der Waals surface area contributed by atoms with E-state index >= 15 is 0 Å². The monoisotopic (exact) mass is 910 g/mol. The van der Waals surface area contributed by atoms with Crippen LogP contribution in [0.1, 0.15) is 125 Å². The molecule has 0 saturated heterocycles. The summed E-state index contributed by atoms with van der Waals surface area (Å²) in [6.45, 7) is 17.0. The van der Waals surface area contributed by atoms with E-state index in [1.165, 1.54) is 12.1 Å². The third-order valence-electron chi connectivity index (χ3n) is 11.3. The number of ketones is 2. The van der Waals surface area contributed by atoms with Gasteiger partial charge >= 0.3 is 0 Å². The smallest absolute Gasteiger partial charge is 0.140 e. The summed E-state index contributed by atoms with van der Waals surface area (Å²) in [5, 5.41) is 10.9. The Hall–Kier alpha value is -5.00. The zero-order valence-electron chi connectivity index (χ0n) is 38.8. The Labute approximate surface area is 387 Å². The van der Waals surface area contributed by atoms with Crippen molar-refractivity contribution in [3.8, 4) is 11.4 Å². The molecule has 12 heteroatoms. The molecule has 8 nitrogen and oxygen atoms in total. The lowest BCUT2D eigenvalue weighted by Crippen LogP contribution is -2.14. The second kappa shape index (κ2) is 21.3. The zero-order chi connectivity index (χ0) is 47.1. The number of aromatic nitrogens is 4. The standard InChI is InChI=1S/C27H33ClFN3O.C25H29ClFN3O/c1-18(19-10-11-20(17-31(5)6)24(29)14-19)25(33)13-12-23-16-26(27(2,3)4)30-32(23)22-9-7-8-21(28)15-22;1-16(17-8-9-18(15-28)22(27)12-17)23(31)11-10-21-14-24(25(2,3)4)29-30(21)20-7-5-6-19(26)13-20/h7-11,14-16,18H,12-13,17H2,1-6H3;5-9,12-14,16H,10-11,15,28H2,1-4H3. The number of Topliss-reactive ketones (excluding diaryl/α,β-unsaturated/α-hetero) is 2. The average Bonchev–Trinajstić information content (AvgIpc) is 3.88. The fourth-order valence-electron chi connectivity index (χ4n) is 7.20. The first-order valence-electron chi connectivity index (χ1n) is 21.7. The van der Waals surface area contributed by atoms with E-state index < -0.39 is 5.92 Å². The third kappa shape index (κ3) is 13.1. The van der Waals surface area contributed by atoms with Crippen molar-refractivity contribution >= 4 is 34.8 Å². The molecule has 0 aliphatic carbocycles. The first kappa shape index (κ1) is 50.0. The van der Waals surface area contributed by atoms with Gasteiger partial charge < -0.3 is 10.6 Å². The Kier molecular flexibility index (Phi) is 16.7. The SMILES string of the molecule is CC(C(=O)CCc1cc(C(C)(C)C)nn1-c1cccc(Cl)c1)c1ccc(CN(C)C)c(F)c1.CC(C(=O)CCc1cc(C(C)(C)C)nn1-c1cccc(Cl)c1)c1ccc(CN)c(F)c1. The van der Waals surface area contributed by atoms with Crippen LogP contribution in [0.4, 0.5) is 8.78 Å². The molecule has 0 aliphatic heterocycles. The molecule has 2 aromatic heterocycles. The lowest BCUT2D eigenvalue weighted by Gasteiger charge is -2.15. The highest BCUT2D eigenvalue weighted by Crippen LogP contribution is 2.29. The Morgan fingerprint density at radius 3 is 1.39 bits per heavy atom. The molecule has 64 heavy (non-hydrogen) atoms. The van der Waals surface area contributed by atoms with Crippen molar-refractivity contribution in [2.75, 3.05) is 14.1 Å². The molecule has 0 fully saturated rings. The van der Waals surface area contributed by atoms with Crippen molar-refractivity contribution < 1.29 is 18.4 Å². The van der Waals surface area contributed by atoms with E-state index in [0.29, 0.717) is 64.5 Å². The van der Waals surface area contributed by atoms with Gasteiger partial charge in [0.15, 0.2) is 0 Å². The first-order valence-corrected chi connectivity index (χ1v) is 22.5. The van der Waals surface area contributed by atoms with E-state index in [4.69, 9.17) is 39.1 Å². The molecular formula is C52H62Cl2F2N6O2. The van der Waals surface area contributed by atoms with Crippen LogP contribution in [-0.2, 0) is 46.4 Å². The molecule has 340 valence electrons. The average molecular weight is 912 g/mol. The Bertz CT molecular complexity index is 2570. The lowest BCUT2D eigenvalue weighted by atomic mass is 9.91. The predicted octanol–water partition coefficient (Wildman–Crippen LogP) is 12.1. The highest BCUT2D eigenvalue weighted by Gasteiger charge is 2.25. The summed E-state index contributed by atoms with van der Waals surface area (Å²) in [6.07, 6.45) is 1.75. The minimum Gasteiger partial charge on any atom is -0.326 e. The molecule has 0 radical (unpaired) electrons. The van der Waals surface area contributed by atoms with Crippen LogP contribution in [0.5, 0.6) is 0 Å². The van der Waals surface area contributed by atoms with Crippen LogP contribution in [0.2, 0.25) is 10.0 Å². The molecule has 0 aliphatic rings. The highest BCUT2D eigenvalue weighted by molar-refractivity contribution is 6.31.